The summed E-state index contributed by atoms with van der Waals surface area (Å²) in [6.45, 7) is 5.74. The highest BCUT2D eigenvalue weighted by Gasteiger charge is 2.27. The Morgan fingerprint density at radius 1 is 1.59 bits per heavy atom. The molecule has 0 spiro atoms. The van der Waals surface area contributed by atoms with E-state index in [0.717, 1.165) is 31.3 Å². The monoisotopic (exact) mass is 255 g/mol. The number of hydrogen-bond donors (Lipinski definition) is 1. The second-order valence-electron chi connectivity index (χ2n) is 4.75. The lowest BCUT2D eigenvalue weighted by molar-refractivity contribution is 0.172. The molecule has 0 radical (unpaired) electrons. The van der Waals surface area contributed by atoms with Gasteiger partial charge in [-0.2, -0.15) is 0 Å². The Balaban J connectivity index is 1.82. The molecule has 2 unspecified atom stereocenters. The van der Waals surface area contributed by atoms with Crippen LogP contribution in [0.1, 0.15) is 10.7 Å². The normalized spacial score (nSPS) is 24.7. The average molecular weight is 255 g/mol. The van der Waals surface area contributed by atoms with Gasteiger partial charge in [-0.3, -0.25) is 0 Å². The van der Waals surface area contributed by atoms with E-state index < -0.39 is 0 Å². The zero-order chi connectivity index (χ0) is 12.3. The van der Waals surface area contributed by atoms with E-state index in [0.29, 0.717) is 12.0 Å². The van der Waals surface area contributed by atoms with Gasteiger partial charge in [0.25, 0.3) is 0 Å². The molecule has 0 aromatic carbocycles. The maximum Gasteiger partial charge on any atom is 0.0897 e. The van der Waals surface area contributed by atoms with Gasteiger partial charge in [0.1, 0.15) is 0 Å². The van der Waals surface area contributed by atoms with Gasteiger partial charge >= 0.3 is 0 Å². The van der Waals surface area contributed by atoms with Crippen LogP contribution in [0.5, 0.6) is 0 Å². The molecule has 17 heavy (non-hydrogen) atoms. The van der Waals surface area contributed by atoms with Crippen LogP contribution in [-0.4, -0.2) is 49.8 Å². The number of nitrogens with one attached hydrogen (secondary N) is 1. The van der Waals surface area contributed by atoms with Gasteiger partial charge in [-0.05, 0) is 21.0 Å². The number of thiazole rings is 1. The number of nitrogens with zero attached hydrogens (tertiary/aromatic N) is 2. The van der Waals surface area contributed by atoms with Crippen molar-refractivity contribution in [1.29, 1.82) is 0 Å². The highest BCUT2D eigenvalue weighted by molar-refractivity contribution is 7.09. The number of ether oxygens (including phenoxy) is 1. The van der Waals surface area contributed by atoms with Crippen LogP contribution < -0.4 is 5.32 Å². The third-order valence-electron chi connectivity index (χ3n) is 3.21. The second-order valence-corrected chi connectivity index (χ2v) is 5.81. The Kier molecular flexibility index (Phi) is 4.50. The van der Waals surface area contributed by atoms with E-state index in [1.165, 1.54) is 5.69 Å². The fraction of sp³-hybridized carbons (Fsp3) is 0.750. The largest absolute Gasteiger partial charge is 0.379 e. The number of hydrogen-bond acceptors (Lipinski definition) is 5. The minimum atomic E-state index is 0.495. The lowest BCUT2D eigenvalue weighted by Gasteiger charge is -2.23. The highest BCUT2D eigenvalue weighted by atomic mass is 32.1. The molecule has 1 saturated heterocycles. The standard InChI is InChI=1S/C12H21N3OS/c1-9-14-11(8-17-9)5-15(3)4-10-6-16-7-12(10)13-2/h8,10,12-13H,4-7H2,1-3H3. The Morgan fingerprint density at radius 3 is 3.06 bits per heavy atom. The molecule has 1 N–H and O–H groups in total. The summed E-state index contributed by atoms with van der Waals surface area (Å²) in [4.78, 5) is 6.83. The lowest BCUT2D eigenvalue weighted by Crippen LogP contribution is -2.38. The first-order valence-corrected chi connectivity index (χ1v) is 6.91. The summed E-state index contributed by atoms with van der Waals surface area (Å²) >= 11 is 1.72. The summed E-state index contributed by atoms with van der Waals surface area (Å²) in [5.74, 6) is 0.588. The predicted octanol–water partition coefficient (Wildman–Crippen LogP) is 1.12. The first-order valence-electron chi connectivity index (χ1n) is 6.03. The average Bonchev–Trinajstić information content (AvgIpc) is 2.87. The number of aryl methyl sites for hydroxylation is 1. The van der Waals surface area contributed by atoms with E-state index in [2.05, 4.69) is 34.6 Å². The fourth-order valence-electron chi connectivity index (χ4n) is 2.32. The van der Waals surface area contributed by atoms with Crippen molar-refractivity contribution in [2.45, 2.75) is 19.5 Å². The Hall–Kier alpha value is -0.490. The van der Waals surface area contributed by atoms with Crippen LogP contribution >= 0.6 is 11.3 Å². The van der Waals surface area contributed by atoms with E-state index in [9.17, 15) is 0 Å². The van der Waals surface area contributed by atoms with Crippen molar-refractivity contribution in [1.82, 2.24) is 15.2 Å². The molecular formula is C12H21N3OS. The molecule has 1 aromatic heterocycles. The second kappa shape index (κ2) is 5.91. The minimum Gasteiger partial charge on any atom is -0.379 e. The molecule has 96 valence electrons. The van der Waals surface area contributed by atoms with Crippen LogP contribution in [0.2, 0.25) is 0 Å². The SMILES string of the molecule is CNC1COCC1CN(C)Cc1csc(C)n1. The molecule has 2 rings (SSSR count). The molecular weight excluding hydrogens is 234 g/mol. The van der Waals surface area contributed by atoms with Gasteiger partial charge in [-0.15, -0.1) is 11.3 Å². The maximum absolute atomic E-state index is 5.51. The topological polar surface area (TPSA) is 37.4 Å². The smallest absolute Gasteiger partial charge is 0.0897 e. The number of rotatable bonds is 5. The molecule has 4 nitrogen and oxygen atoms in total. The van der Waals surface area contributed by atoms with Gasteiger partial charge in [0, 0.05) is 30.4 Å². The van der Waals surface area contributed by atoms with Gasteiger partial charge in [0.05, 0.1) is 23.9 Å². The van der Waals surface area contributed by atoms with Gasteiger partial charge < -0.3 is 15.0 Å². The van der Waals surface area contributed by atoms with Crippen molar-refractivity contribution in [3.63, 3.8) is 0 Å². The van der Waals surface area contributed by atoms with Gasteiger partial charge in [0.15, 0.2) is 0 Å². The lowest BCUT2D eigenvalue weighted by atomic mass is 10.0. The Bertz CT molecular complexity index is 355. The third-order valence-corrected chi connectivity index (χ3v) is 4.04. The molecule has 0 bridgehead atoms. The highest BCUT2D eigenvalue weighted by Crippen LogP contribution is 2.16. The molecule has 0 aliphatic carbocycles. The van der Waals surface area contributed by atoms with Gasteiger partial charge in [-0.25, -0.2) is 4.98 Å². The van der Waals surface area contributed by atoms with Crippen molar-refractivity contribution >= 4 is 11.3 Å². The summed E-state index contributed by atoms with van der Waals surface area (Å²) in [7, 11) is 4.16. The molecule has 1 aliphatic rings. The minimum absolute atomic E-state index is 0.495. The molecule has 0 amide bonds. The van der Waals surface area contributed by atoms with Crippen molar-refractivity contribution < 1.29 is 4.74 Å². The molecule has 5 heteroatoms. The van der Waals surface area contributed by atoms with Crippen LogP contribution in [0.15, 0.2) is 5.38 Å². The summed E-state index contributed by atoms with van der Waals surface area (Å²) in [5, 5.41) is 6.61. The van der Waals surface area contributed by atoms with Crippen LogP contribution in [0.4, 0.5) is 0 Å². The molecule has 1 aliphatic heterocycles. The van der Waals surface area contributed by atoms with Crippen LogP contribution in [0, 0.1) is 12.8 Å². The van der Waals surface area contributed by atoms with E-state index in [4.69, 9.17) is 4.74 Å². The van der Waals surface area contributed by atoms with E-state index in [-0.39, 0.29) is 0 Å². The zero-order valence-electron chi connectivity index (χ0n) is 10.8. The van der Waals surface area contributed by atoms with Crippen molar-refractivity contribution in [3.05, 3.63) is 16.1 Å². The van der Waals surface area contributed by atoms with Crippen LogP contribution in [-0.2, 0) is 11.3 Å². The predicted molar refractivity (Wildman–Crippen MR) is 70.3 cm³/mol. The summed E-state index contributed by atoms with van der Waals surface area (Å²) in [6.07, 6.45) is 0. The quantitative estimate of drug-likeness (QED) is 0.855. The molecule has 2 heterocycles. The summed E-state index contributed by atoms with van der Waals surface area (Å²) in [5.41, 5.74) is 1.18. The van der Waals surface area contributed by atoms with Crippen molar-refractivity contribution in [2.24, 2.45) is 5.92 Å². The number of likely N-dealkylation sites (N-methyl/N-ethyl adjacent to an activating group) is 1. The molecule has 0 saturated carbocycles. The van der Waals surface area contributed by atoms with Crippen molar-refractivity contribution in [3.8, 4) is 0 Å². The summed E-state index contributed by atoms with van der Waals surface area (Å²) in [6, 6.07) is 0.495. The van der Waals surface area contributed by atoms with E-state index in [1.54, 1.807) is 11.3 Å². The van der Waals surface area contributed by atoms with Gasteiger partial charge in [-0.1, -0.05) is 0 Å². The fourth-order valence-corrected chi connectivity index (χ4v) is 2.92. The Morgan fingerprint density at radius 2 is 2.41 bits per heavy atom. The first-order chi connectivity index (χ1) is 8.19. The van der Waals surface area contributed by atoms with Crippen LogP contribution in [0.25, 0.3) is 0 Å². The van der Waals surface area contributed by atoms with Crippen molar-refractivity contribution in [2.75, 3.05) is 33.9 Å². The zero-order valence-corrected chi connectivity index (χ0v) is 11.6. The van der Waals surface area contributed by atoms with Gasteiger partial charge in [0.2, 0.25) is 0 Å². The van der Waals surface area contributed by atoms with E-state index in [1.807, 2.05) is 7.05 Å². The maximum atomic E-state index is 5.51. The van der Waals surface area contributed by atoms with Crippen LogP contribution in [0.3, 0.4) is 0 Å². The molecule has 1 aromatic rings. The first kappa shape index (κ1) is 13.0. The van der Waals surface area contributed by atoms with E-state index >= 15 is 0 Å². The summed E-state index contributed by atoms with van der Waals surface area (Å²) < 4.78 is 5.51. The molecule has 2 atom stereocenters. The third kappa shape index (κ3) is 3.48. The Labute approximate surface area is 107 Å². The number of aromatic nitrogens is 1. The molecule has 1 fully saturated rings.